The first kappa shape index (κ1) is 16.4. The zero-order valence-corrected chi connectivity index (χ0v) is 14.0. The summed E-state index contributed by atoms with van der Waals surface area (Å²) < 4.78 is 27.5. The molecule has 0 saturated carbocycles. The highest BCUT2D eigenvalue weighted by Crippen LogP contribution is 2.33. The number of ether oxygens (including phenoxy) is 2. The van der Waals surface area contributed by atoms with Gasteiger partial charge in [-0.2, -0.15) is 0 Å². The van der Waals surface area contributed by atoms with Crippen molar-refractivity contribution in [2.45, 2.75) is 31.5 Å². The first-order valence-electron chi connectivity index (χ1n) is 7.96. The third kappa shape index (κ3) is 3.35. The van der Waals surface area contributed by atoms with Crippen LogP contribution in [-0.4, -0.2) is 38.4 Å². The van der Waals surface area contributed by atoms with Gasteiger partial charge in [0.05, 0.1) is 19.5 Å². The van der Waals surface area contributed by atoms with Crippen LogP contribution in [0.1, 0.15) is 18.2 Å². The van der Waals surface area contributed by atoms with E-state index in [2.05, 4.69) is 15.0 Å². The van der Waals surface area contributed by atoms with Crippen molar-refractivity contribution in [2.24, 2.45) is 0 Å². The molecule has 0 bridgehead atoms. The summed E-state index contributed by atoms with van der Waals surface area (Å²) in [6, 6.07) is 9.75. The molecule has 0 aliphatic carbocycles. The SMILES string of the molecule is F[C@H]1C[C@H](n2cnc3c(Cl)ncnc32)O[C@@H]1COCc1ccccc1. The number of alkyl halides is 1. The minimum absolute atomic E-state index is 0.189. The Morgan fingerprint density at radius 1 is 1.24 bits per heavy atom. The van der Waals surface area contributed by atoms with Crippen molar-refractivity contribution in [1.82, 2.24) is 19.5 Å². The number of aromatic nitrogens is 4. The second kappa shape index (κ2) is 7.03. The lowest BCUT2D eigenvalue weighted by Gasteiger charge is -2.15. The Bertz CT molecular complexity index is 860. The summed E-state index contributed by atoms with van der Waals surface area (Å²) in [6.45, 7) is 0.615. The maximum atomic E-state index is 14.3. The molecule has 1 fully saturated rings. The first-order chi connectivity index (χ1) is 12.2. The van der Waals surface area contributed by atoms with E-state index in [9.17, 15) is 4.39 Å². The van der Waals surface area contributed by atoms with Gasteiger partial charge in [-0.3, -0.25) is 4.57 Å². The number of rotatable bonds is 5. The monoisotopic (exact) mass is 362 g/mol. The molecule has 1 aromatic carbocycles. The lowest BCUT2D eigenvalue weighted by molar-refractivity contribution is -0.0548. The van der Waals surface area contributed by atoms with Crippen LogP contribution in [0.4, 0.5) is 4.39 Å². The molecule has 3 heterocycles. The molecule has 3 atom stereocenters. The molecule has 0 amide bonds. The van der Waals surface area contributed by atoms with E-state index in [4.69, 9.17) is 21.1 Å². The zero-order valence-electron chi connectivity index (χ0n) is 13.3. The quantitative estimate of drug-likeness (QED) is 0.651. The van der Waals surface area contributed by atoms with Gasteiger partial charge >= 0.3 is 0 Å². The van der Waals surface area contributed by atoms with E-state index < -0.39 is 18.5 Å². The average Bonchev–Trinajstić information content (AvgIpc) is 3.21. The van der Waals surface area contributed by atoms with E-state index in [1.807, 2.05) is 30.3 Å². The number of fused-ring (bicyclic) bond motifs is 1. The molecular formula is C17H16ClFN4O2. The minimum atomic E-state index is -1.12. The third-order valence-corrected chi connectivity index (χ3v) is 4.46. The molecule has 1 aliphatic rings. The molecule has 0 N–H and O–H groups in total. The van der Waals surface area contributed by atoms with Crippen LogP contribution in [-0.2, 0) is 16.1 Å². The Labute approximate surface area is 148 Å². The summed E-state index contributed by atoms with van der Waals surface area (Å²) in [7, 11) is 0. The highest BCUT2D eigenvalue weighted by atomic mass is 35.5. The molecule has 1 saturated heterocycles. The van der Waals surface area contributed by atoms with Crippen molar-refractivity contribution in [3.63, 3.8) is 0 Å². The van der Waals surface area contributed by atoms with Crippen LogP contribution in [0.5, 0.6) is 0 Å². The van der Waals surface area contributed by atoms with Crippen LogP contribution in [0.2, 0.25) is 5.15 Å². The van der Waals surface area contributed by atoms with E-state index in [1.165, 1.54) is 6.33 Å². The van der Waals surface area contributed by atoms with Crippen LogP contribution >= 0.6 is 11.6 Å². The summed E-state index contributed by atoms with van der Waals surface area (Å²) in [6.07, 6.45) is 0.892. The van der Waals surface area contributed by atoms with Crippen molar-refractivity contribution in [1.29, 1.82) is 0 Å². The second-order valence-electron chi connectivity index (χ2n) is 5.87. The summed E-state index contributed by atoms with van der Waals surface area (Å²) in [5.74, 6) is 0. The Morgan fingerprint density at radius 3 is 2.92 bits per heavy atom. The van der Waals surface area contributed by atoms with Gasteiger partial charge in [-0.1, -0.05) is 41.9 Å². The summed E-state index contributed by atoms with van der Waals surface area (Å²) >= 11 is 6.00. The molecule has 8 heteroatoms. The van der Waals surface area contributed by atoms with Crippen LogP contribution in [0.25, 0.3) is 11.2 Å². The van der Waals surface area contributed by atoms with Crippen LogP contribution in [0, 0.1) is 0 Å². The van der Waals surface area contributed by atoms with Gasteiger partial charge in [0.25, 0.3) is 0 Å². The van der Waals surface area contributed by atoms with Gasteiger partial charge in [0.2, 0.25) is 0 Å². The van der Waals surface area contributed by atoms with Crippen molar-refractivity contribution < 1.29 is 13.9 Å². The number of nitrogens with zero attached hydrogens (tertiary/aromatic N) is 4. The molecule has 0 spiro atoms. The smallest absolute Gasteiger partial charge is 0.166 e. The van der Waals surface area contributed by atoms with Crippen molar-refractivity contribution in [3.8, 4) is 0 Å². The van der Waals surface area contributed by atoms with Crippen LogP contribution in [0.15, 0.2) is 43.0 Å². The van der Waals surface area contributed by atoms with E-state index in [0.29, 0.717) is 17.8 Å². The number of hydrogen-bond donors (Lipinski definition) is 0. The van der Waals surface area contributed by atoms with Gasteiger partial charge in [-0.15, -0.1) is 0 Å². The molecular weight excluding hydrogens is 347 g/mol. The Hall–Kier alpha value is -2.09. The van der Waals surface area contributed by atoms with Gasteiger partial charge < -0.3 is 9.47 Å². The third-order valence-electron chi connectivity index (χ3n) is 4.18. The number of benzene rings is 1. The van der Waals surface area contributed by atoms with Gasteiger partial charge in [-0.25, -0.2) is 19.3 Å². The number of imidazole rings is 1. The molecule has 2 aromatic heterocycles. The summed E-state index contributed by atoms with van der Waals surface area (Å²) in [5, 5.41) is 0.265. The van der Waals surface area contributed by atoms with Crippen molar-refractivity contribution in [2.75, 3.05) is 6.61 Å². The molecule has 3 aromatic rings. The molecule has 0 radical (unpaired) electrons. The molecule has 0 unspecified atom stereocenters. The van der Waals surface area contributed by atoms with E-state index in [-0.39, 0.29) is 18.2 Å². The number of halogens is 2. The normalized spacial score (nSPS) is 23.4. The lowest BCUT2D eigenvalue weighted by Crippen LogP contribution is -2.23. The highest BCUT2D eigenvalue weighted by molar-refractivity contribution is 6.33. The summed E-state index contributed by atoms with van der Waals surface area (Å²) in [4.78, 5) is 12.2. The molecule has 130 valence electrons. The fourth-order valence-corrected chi connectivity index (χ4v) is 3.09. The van der Waals surface area contributed by atoms with Crippen molar-refractivity contribution >= 4 is 22.8 Å². The standard InChI is InChI=1S/C17H16ClFN4O2/c18-16-15-17(21-9-20-16)23(10-22-15)14-6-12(19)13(25-14)8-24-7-11-4-2-1-3-5-11/h1-5,9-10,12-14H,6-8H2/t12-,13+,14+/m0/s1. The fourth-order valence-electron chi connectivity index (χ4n) is 2.91. The average molecular weight is 363 g/mol. The molecule has 4 rings (SSSR count). The Morgan fingerprint density at radius 2 is 2.08 bits per heavy atom. The Balaban J connectivity index is 1.41. The first-order valence-corrected chi connectivity index (χ1v) is 8.34. The van der Waals surface area contributed by atoms with Gasteiger partial charge in [-0.05, 0) is 5.56 Å². The largest absolute Gasteiger partial charge is 0.374 e. The van der Waals surface area contributed by atoms with E-state index >= 15 is 0 Å². The summed E-state index contributed by atoms with van der Waals surface area (Å²) in [5.41, 5.74) is 2.05. The predicted octanol–water partition coefficient (Wildman–Crippen LogP) is 3.32. The van der Waals surface area contributed by atoms with Crippen LogP contribution in [0.3, 0.4) is 0 Å². The van der Waals surface area contributed by atoms with Gasteiger partial charge in [0.1, 0.15) is 30.3 Å². The maximum absolute atomic E-state index is 14.3. The van der Waals surface area contributed by atoms with Gasteiger partial charge in [0, 0.05) is 6.42 Å². The van der Waals surface area contributed by atoms with E-state index in [1.54, 1.807) is 10.9 Å². The fraction of sp³-hybridized carbons (Fsp3) is 0.353. The molecule has 1 aliphatic heterocycles. The second-order valence-corrected chi connectivity index (χ2v) is 6.23. The zero-order chi connectivity index (χ0) is 17.2. The van der Waals surface area contributed by atoms with Gasteiger partial charge in [0.15, 0.2) is 10.8 Å². The highest BCUT2D eigenvalue weighted by Gasteiger charge is 2.37. The predicted molar refractivity (Wildman–Crippen MR) is 89.9 cm³/mol. The van der Waals surface area contributed by atoms with E-state index in [0.717, 1.165) is 5.56 Å². The van der Waals surface area contributed by atoms with Crippen LogP contribution < -0.4 is 0 Å². The lowest BCUT2D eigenvalue weighted by atomic mass is 10.2. The number of hydrogen-bond acceptors (Lipinski definition) is 5. The van der Waals surface area contributed by atoms with Crippen molar-refractivity contribution in [3.05, 3.63) is 53.7 Å². The molecule has 6 nitrogen and oxygen atoms in total. The molecule has 25 heavy (non-hydrogen) atoms. The Kier molecular flexibility index (Phi) is 4.61. The maximum Gasteiger partial charge on any atom is 0.166 e. The topological polar surface area (TPSA) is 62.1 Å². The minimum Gasteiger partial charge on any atom is -0.374 e.